The SMILES string of the molecule is CCc1cc(-c2cc(-c3ccccc3F)c(C#N)c(N)n2)ccc1C(=O)O. The van der Waals surface area contributed by atoms with Crippen molar-refractivity contribution in [1.29, 1.82) is 5.26 Å². The number of aromatic carboxylic acids is 1. The van der Waals surface area contributed by atoms with E-state index in [1.165, 1.54) is 12.1 Å². The van der Waals surface area contributed by atoms with E-state index in [1.807, 2.05) is 13.0 Å². The van der Waals surface area contributed by atoms with Crippen LogP contribution in [0.5, 0.6) is 0 Å². The molecule has 0 bridgehead atoms. The highest BCUT2D eigenvalue weighted by atomic mass is 19.1. The highest BCUT2D eigenvalue weighted by molar-refractivity contribution is 5.90. The van der Waals surface area contributed by atoms with Crippen molar-refractivity contribution in [3.63, 3.8) is 0 Å². The Labute approximate surface area is 155 Å². The highest BCUT2D eigenvalue weighted by Gasteiger charge is 2.17. The number of nitrogen functional groups attached to an aromatic ring is 1. The molecule has 0 radical (unpaired) electrons. The Morgan fingerprint density at radius 3 is 2.59 bits per heavy atom. The van der Waals surface area contributed by atoms with E-state index in [1.54, 1.807) is 36.4 Å². The van der Waals surface area contributed by atoms with Crippen LogP contribution in [0.3, 0.4) is 0 Å². The predicted octanol–water partition coefficient (Wildman–Crippen LogP) is 4.27. The smallest absolute Gasteiger partial charge is 0.335 e. The summed E-state index contributed by atoms with van der Waals surface area (Å²) in [5.41, 5.74) is 8.61. The molecule has 5 nitrogen and oxygen atoms in total. The number of carboxylic acid groups (broad SMARTS) is 1. The van der Waals surface area contributed by atoms with Gasteiger partial charge in [0.15, 0.2) is 0 Å². The van der Waals surface area contributed by atoms with Crippen molar-refractivity contribution in [2.45, 2.75) is 13.3 Å². The van der Waals surface area contributed by atoms with E-state index in [0.29, 0.717) is 28.8 Å². The molecule has 0 aliphatic carbocycles. The number of nitrogens with zero attached hydrogens (tertiary/aromatic N) is 2. The van der Waals surface area contributed by atoms with E-state index in [2.05, 4.69) is 4.98 Å². The number of aromatic nitrogens is 1. The van der Waals surface area contributed by atoms with Crippen LogP contribution in [0.2, 0.25) is 0 Å². The summed E-state index contributed by atoms with van der Waals surface area (Å²) >= 11 is 0. The molecule has 2 aromatic carbocycles. The molecule has 0 saturated carbocycles. The van der Waals surface area contributed by atoms with Crippen LogP contribution in [-0.2, 0) is 6.42 Å². The van der Waals surface area contributed by atoms with Crippen LogP contribution in [0.1, 0.15) is 28.4 Å². The number of rotatable bonds is 4. The standard InChI is InChI=1S/C21H16FN3O2/c1-2-12-9-13(7-8-14(12)21(26)27)19-10-16(17(11-23)20(24)25-19)15-5-3-4-6-18(15)22/h3-10H,2H2,1H3,(H2,24,25)(H,26,27). The number of benzene rings is 2. The average molecular weight is 361 g/mol. The van der Waals surface area contributed by atoms with Crippen LogP contribution in [-0.4, -0.2) is 16.1 Å². The topological polar surface area (TPSA) is 100 Å². The van der Waals surface area contributed by atoms with Crippen LogP contribution >= 0.6 is 0 Å². The van der Waals surface area contributed by atoms with E-state index in [4.69, 9.17) is 5.73 Å². The Balaban J connectivity index is 2.23. The fraction of sp³-hybridized carbons (Fsp3) is 0.0952. The Morgan fingerprint density at radius 1 is 1.22 bits per heavy atom. The molecule has 1 aromatic heterocycles. The summed E-state index contributed by atoms with van der Waals surface area (Å²) in [7, 11) is 0. The van der Waals surface area contributed by atoms with Gasteiger partial charge < -0.3 is 10.8 Å². The summed E-state index contributed by atoms with van der Waals surface area (Å²) < 4.78 is 14.3. The molecule has 0 saturated heterocycles. The lowest BCUT2D eigenvalue weighted by molar-refractivity contribution is 0.0695. The number of nitriles is 1. The van der Waals surface area contributed by atoms with E-state index >= 15 is 0 Å². The normalized spacial score (nSPS) is 10.4. The molecule has 3 rings (SSSR count). The third-order valence-corrected chi connectivity index (χ3v) is 4.34. The van der Waals surface area contributed by atoms with E-state index in [9.17, 15) is 19.6 Å². The molecule has 0 fully saturated rings. The molecule has 3 N–H and O–H groups in total. The maximum Gasteiger partial charge on any atom is 0.335 e. The lowest BCUT2D eigenvalue weighted by Crippen LogP contribution is -2.03. The number of halogens is 1. The molecule has 0 atom stereocenters. The minimum Gasteiger partial charge on any atom is -0.478 e. The van der Waals surface area contributed by atoms with Gasteiger partial charge in [0.05, 0.1) is 11.3 Å². The predicted molar refractivity (Wildman–Crippen MR) is 101 cm³/mol. The van der Waals surface area contributed by atoms with Crippen molar-refractivity contribution in [3.8, 4) is 28.5 Å². The van der Waals surface area contributed by atoms with Gasteiger partial charge in [-0.05, 0) is 36.2 Å². The van der Waals surface area contributed by atoms with Crippen molar-refractivity contribution in [1.82, 2.24) is 4.98 Å². The van der Waals surface area contributed by atoms with Crippen molar-refractivity contribution >= 4 is 11.8 Å². The molecule has 0 unspecified atom stereocenters. The van der Waals surface area contributed by atoms with Gasteiger partial charge in [0.2, 0.25) is 0 Å². The van der Waals surface area contributed by atoms with E-state index < -0.39 is 11.8 Å². The fourth-order valence-electron chi connectivity index (χ4n) is 2.98. The number of carbonyl (C=O) groups is 1. The van der Waals surface area contributed by atoms with E-state index in [-0.39, 0.29) is 22.5 Å². The second-order valence-corrected chi connectivity index (χ2v) is 5.94. The Kier molecular flexibility index (Phi) is 4.86. The van der Waals surface area contributed by atoms with Gasteiger partial charge in [-0.15, -0.1) is 0 Å². The van der Waals surface area contributed by atoms with Gasteiger partial charge in [-0.2, -0.15) is 5.26 Å². The molecule has 27 heavy (non-hydrogen) atoms. The number of carboxylic acids is 1. The quantitative estimate of drug-likeness (QED) is 0.723. The van der Waals surface area contributed by atoms with Crippen LogP contribution in [0.15, 0.2) is 48.5 Å². The molecule has 3 aromatic rings. The first kappa shape index (κ1) is 18.1. The first-order chi connectivity index (χ1) is 13.0. The minimum atomic E-state index is -1.00. The summed E-state index contributed by atoms with van der Waals surface area (Å²) in [5, 5.41) is 18.7. The van der Waals surface area contributed by atoms with Crippen molar-refractivity contribution in [2.24, 2.45) is 0 Å². The third kappa shape index (κ3) is 3.35. The van der Waals surface area contributed by atoms with Gasteiger partial charge in [0, 0.05) is 16.7 Å². The number of anilines is 1. The Morgan fingerprint density at radius 2 is 1.96 bits per heavy atom. The minimum absolute atomic E-state index is 0.00591. The molecule has 0 spiro atoms. The summed E-state index contributed by atoms with van der Waals surface area (Å²) in [6, 6.07) is 14.6. The second-order valence-electron chi connectivity index (χ2n) is 5.94. The Bertz CT molecular complexity index is 1090. The summed E-state index contributed by atoms with van der Waals surface area (Å²) in [6.07, 6.45) is 0.529. The van der Waals surface area contributed by atoms with Gasteiger partial charge in [-0.25, -0.2) is 14.2 Å². The molecular formula is C21H16FN3O2. The van der Waals surface area contributed by atoms with Gasteiger partial charge >= 0.3 is 5.97 Å². The lowest BCUT2D eigenvalue weighted by atomic mass is 9.96. The van der Waals surface area contributed by atoms with Crippen LogP contribution in [0.4, 0.5) is 10.2 Å². The molecule has 134 valence electrons. The summed E-state index contributed by atoms with van der Waals surface area (Å²) in [5.74, 6) is -1.48. The number of aryl methyl sites for hydroxylation is 1. The fourth-order valence-corrected chi connectivity index (χ4v) is 2.98. The van der Waals surface area contributed by atoms with E-state index in [0.717, 1.165) is 0 Å². The lowest BCUT2D eigenvalue weighted by Gasteiger charge is -2.12. The molecular weight excluding hydrogens is 345 g/mol. The monoisotopic (exact) mass is 361 g/mol. The summed E-state index contributed by atoms with van der Waals surface area (Å²) in [6.45, 7) is 1.86. The first-order valence-electron chi connectivity index (χ1n) is 8.28. The first-order valence-corrected chi connectivity index (χ1v) is 8.28. The zero-order valence-electron chi connectivity index (χ0n) is 14.5. The van der Waals surface area contributed by atoms with Crippen molar-refractivity contribution in [3.05, 3.63) is 71.0 Å². The van der Waals surface area contributed by atoms with Crippen molar-refractivity contribution in [2.75, 3.05) is 5.73 Å². The number of hydrogen-bond acceptors (Lipinski definition) is 4. The number of pyridine rings is 1. The van der Waals surface area contributed by atoms with Gasteiger partial charge in [-0.3, -0.25) is 0 Å². The highest BCUT2D eigenvalue weighted by Crippen LogP contribution is 2.33. The molecule has 0 aliphatic rings. The van der Waals surface area contributed by atoms with Crippen LogP contribution in [0, 0.1) is 17.1 Å². The summed E-state index contributed by atoms with van der Waals surface area (Å²) in [4.78, 5) is 15.6. The number of hydrogen-bond donors (Lipinski definition) is 2. The zero-order chi connectivity index (χ0) is 19.6. The van der Waals surface area contributed by atoms with Crippen LogP contribution in [0.25, 0.3) is 22.4 Å². The third-order valence-electron chi connectivity index (χ3n) is 4.34. The van der Waals surface area contributed by atoms with Crippen LogP contribution < -0.4 is 5.73 Å². The largest absolute Gasteiger partial charge is 0.478 e. The Hall–Kier alpha value is -3.72. The molecule has 6 heteroatoms. The van der Waals surface area contributed by atoms with Gasteiger partial charge in [0.1, 0.15) is 23.3 Å². The maximum atomic E-state index is 14.3. The second kappa shape index (κ2) is 7.26. The maximum absolute atomic E-state index is 14.3. The molecule has 0 aliphatic heterocycles. The molecule has 1 heterocycles. The zero-order valence-corrected chi connectivity index (χ0v) is 14.5. The molecule has 0 amide bonds. The average Bonchev–Trinajstić information content (AvgIpc) is 2.67. The number of nitrogens with two attached hydrogens (primary N) is 1. The van der Waals surface area contributed by atoms with Crippen molar-refractivity contribution < 1.29 is 14.3 Å². The van der Waals surface area contributed by atoms with Gasteiger partial charge in [-0.1, -0.05) is 31.2 Å². The van der Waals surface area contributed by atoms with Gasteiger partial charge in [0.25, 0.3) is 0 Å².